The Morgan fingerprint density at radius 2 is 1.47 bits per heavy atom. The van der Waals surface area contributed by atoms with E-state index in [1.54, 1.807) is 43.3 Å². The number of hydrogen-bond acceptors (Lipinski definition) is 1. The van der Waals surface area contributed by atoms with Crippen LogP contribution in [0.4, 0.5) is 0 Å². The predicted octanol–water partition coefficient (Wildman–Crippen LogP) is 8.60. The number of aryl methyl sites for hydroxylation is 3. The molecule has 1 heteroatoms. The molecule has 0 atom stereocenters. The number of nitrogens with zero attached hydrogens (tertiary/aromatic N) is 1. The van der Waals surface area contributed by atoms with Gasteiger partial charge >= 0.3 is 0 Å². The molecule has 4 aromatic rings. The molecule has 32 heavy (non-hydrogen) atoms. The van der Waals surface area contributed by atoms with Crippen molar-refractivity contribution in [3.63, 3.8) is 0 Å². The van der Waals surface area contributed by atoms with Crippen LogP contribution in [-0.2, 0) is 6.37 Å². The van der Waals surface area contributed by atoms with Gasteiger partial charge in [0.05, 0.1) is 5.69 Å². The summed E-state index contributed by atoms with van der Waals surface area (Å²) in [7, 11) is 0. The van der Waals surface area contributed by atoms with Crippen molar-refractivity contribution < 1.29 is 11.0 Å². The molecule has 1 heterocycles. The maximum absolute atomic E-state index is 8.56. The molecule has 0 N–H and O–H groups in total. The number of benzene rings is 3. The molecule has 0 radical (unpaired) electrons. The summed E-state index contributed by atoms with van der Waals surface area (Å²) < 4.78 is 66.7. The van der Waals surface area contributed by atoms with Crippen molar-refractivity contribution in [2.24, 2.45) is 5.41 Å². The van der Waals surface area contributed by atoms with E-state index in [1.165, 1.54) is 6.20 Å². The zero-order chi connectivity index (χ0) is 29.7. The fraction of sp³-hybridized carbons (Fsp3) is 0.258. The molecular formula is C31H33N. The highest BCUT2D eigenvalue weighted by Gasteiger charge is 2.14. The molecule has 0 amide bonds. The van der Waals surface area contributed by atoms with Gasteiger partial charge in [-0.3, -0.25) is 4.98 Å². The predicted molar refractivity (Wildman–Crippen MR) is 138 cm³/mol. The van der Waals surface area contributed by atoms with Crippen LogP contribution >= 0.6 is 0 Å². The topological polar surface area (TPSA) is 12.9 Å². The Bertz CT molecular complexity index is 1510. The molecule has 0 fully saturated rings. The van der Waals surface area contributed by atoms with E-state index < -0.39 is 25.5 Å². The summed E-state index contributed by atoms with van der Waals surface area (Å²) in [6.45, 7) is 2.30. The zero-order valence-corrected chi connectivity index (χ0v) is 19.0. The van der Waals surface area contributed by atoms with Gasteiger partial charge in [-0.05, 0) is 83.0 Å². The van der Waals surface area contributed by atoms with Crippen LogP contribution in [0.25, 0.3) is 33.5 Å². The first-order valence-corrected chi connectivity index (χ1v) is 10.7. The van der Waals surface area contributed by atoms with Crippen molar-refractivity contribution in [3.8, 4) is 33.5 Å². The van der Waals surface area contributed by atoms with Gasteiger partial charge in [0.2, 0.25) is 0 Å². The third-order valence-corrected chi connectivity index (χ3v) is 5.32. The van der Waals surface area contributed by atoms with Gasteiger partial charge in [0, 0.05) is 22.7 Å². The van der Waals surface area contributed by atoms with Crippen molar-refractivity contribution in [1.82, 2.24) is 4.98 Å². The fourth-order valence-electron chi connectivity index (χ4n) is 3.92. The average Bonchev–Trinajstić information content (AvgIpc) is 2.86. The highest BCUT2D eigenvalue weighted by atomic mass is 14.7. The number of hydrogen-bond donors (Lipinski definition) is 0. The Kier molecular flexibility index (Phi) is 3.84. The SMILES string of the molecule is [2H]C([2H])([2H])c1cnc(-c2ccccc2)cc1-c1c(C)cc(-c2ccc(C([2H])([2H])C(C)(C)C)cc2)cc1C([2H])([2H])[2H]. The summed E-state index contributed by atoms with van der Waals surface area (Å²) in [6, 6.07) is 21.5. The van der Waals surface area contributed by atoms with Crippen LogP contribution < -0.4 is 0 Å². The quantitative estimate of drug-likeness (QED) is 0.318. The summed E-state index contributed by atoms with van der Waals surface area (Å²) in [5, 5.41) is 0. The monoisotopic (exact) mass is 427 g/mol. The molecule has 0 saturated carbocycles. The maximum atomic E-state index is 8.56. The van der Waals surface area contributed by atoms with Gasteiger partial charge in [0.1, 0.15) is 0 Å². The second-order valence-electron chi connectivity index (χ2n) is 9.15. The first-order chi connectivity index (χ1) is 18.4. The molecule has 4 rings (SSSR count). The second kappa shape index (κ2) is 8.74. The molecule has 0 saturated heterocycles. The standard InChI is InChI=1S/C31H33N/c1-21-16-27(25-14-12-24(13-15-25)19-31(4,5)6)17-22(2)30(21)28-18-29(32-20-23(28)3)26-10-8-7-9-11-26/h7-18,20H,19H2,1-6H3/i1D3,3D3,19D2. The van der Waals surface area contributed by atoms with E-state index in [0.717, 1.165) is 11.1 Å². The van der Waals surface area contributed by atoms with Crippen LogP contribution in [0.15, 0.2) is 79.0 Å². The Labute approximate surface area is 204 Å². The number of pyridine rings is 1. The highest BCUT2D eigenvalue weighted by Crippen LogP contribution is 2.35. The van der Waals surface area contributed by atoms with E-state index in [-0.39, 0.29) is 11.1 Å². The lowest BCUT2D eigenvalue weighted by atomic mass is 9.87. The van der Waals surface area contributed by atoms with Gasteiger partial charge in [-0.25, -0.2) is 0 Å². The Balaban J connectivity index is 1.93. The summed E-state index contributed by atoms with van der Waals surface area (Å²) >= 11 is 0. The number of aromatic nitrogens is 1. The molecular weight excluding hydrogens is 386 g/mol. The summed E-state index contributed by atoms with van der Waals surface area (Å²) in [5.41, 5.74) is 4.00. The highest BCUT2D eigenvalue weighted by molar-refractivity contribution is 5.80. The molecule has 0 aliphatic rings. The van der Waals surface area contributed by atoms with Crippen LogP contribution in [0.1, 0.15) is 54.0 Å². The van der Waals surface area contributed by atoms with Crippen molar-refractivity contribution in [3.05, 3.63) is 101 Å². The van der Waals surface area contributed by atoms with E-state index in [9.17, 15) is 0 Å². The third-order valence-electron chi connectivity index (χ3n) is 5.32. The van der Waals surface area contributed by atoms with E-state index in [0.29, 0.717) is 33.5 Å². The van der Waals surface area contributed by atoms with Crippen molar-refractivity contribution >= 4 is 0 Å². The lowest BCUT2D eigenvalue weighted by molar-refractivity contribution is 0.411. The largest absolute Gasteiger partial charge is 0.256 e. The van der Waals surface area contributed by atoms with Crippen molar-refractivity contribution in [2.75, 3.05) is 0 Å². The van der Waals surface area contributed by atoms with Crippen LogP contribution in [0.5, 0.6) is 0 Å². The molecule has 1 aromatic heterocycles. The molecule has 0 aliphatic carbocycles. The van der Waals surface area contributed by atoms with Crippen LogP contribution in [0, 0.1) is 26.0 Å². The van der Waals surface area contributed by atoms with Crippen molar-refractivity contribution in [2.45, 2.75) is 47.8 Å². The molecule has 0 unspecified atom stereocenters. The molecule has 162 valence electrons. The van der Waals surface area contributed by atoms with E-state index >= 15 is 0 Å². The smallest absolute Gasteiger partial charge is 0.0708 e. The first kappa shape index (κ1) is 14.1. The van der Waals surface area contributed by atoms with Crippen LogP contribution in [-0.4, -0.2) is 4.98 Å². The molecule has 3 aromatic carbocycles. The minimum absolute atomic E-state index is 0.0118. The summed E-state index contributed by atoms with van der Waals surface area (Å²) in [5.74, 6) is 0. The zero-order valence-electron chi connectivity index (χ0n) is 27.0. The van der Waals surface area contributed by atoms with Gasteiger partial charge in [-0.2, -0.15) is 0 Å². The van der Waals surface area contributed by atoms with E-state index in [2.05, 4.69) is 4.98 Å². The Morgan fingerprint density at radius 3 is 2.12 bits per heavy atom. The first-order valence-electron chi connectivity index (χ1n) is 14.7. The van der Waals surface area contributed by atoms with Crippen LogP contribution in [0.3, 0.4) is 0 Å². The third kappa shape index (κ3) is 4.83. The van der Waals surface area contributed by atoms with Crippen molar-refractivity contribution in [1.29, 1.82) is 0 Å². The van der Waals surface area contributed by atoms with Gasteiger partial charge in [0.25, 0.3) is 0 Å². The molecule has 0 aliphatic heterocycles. The van der Waals surface area contributed by atoms with Gasteiger partial charge in [0.15, 0.2) is 0 Å². The molecule has 0 bridgehead atoms. The molecule has 1 nitrogen and oxygen atoms in total. The van der Waals surface area contributed by atoms with Gasteiger partial charge < -0.3 is 0 Å². The van der Waals surface area contributed by atoms with Gasteiger partial charge in [-0.15, -0.1) is 0 Å². The van der Waals surface area contributed by atoms with E-state index in [4.69, 9.17) is 11.0 Å². The lowest BCUT2D eigenvalue weighted by Crippen LogP contribution is -2.08. The Morgan fingerprint density at radius 1 is 0.781 bits per heavy atom. The second-order valence-corrected chi connectivity index (χ2v) is 9.15. The number of rotatable bonds is 4. The van der Waals surface area contributed by atoms with Gasteiger partial charge in [-0.1, -0.05) is 87.5 Å². The van der Waals surface area contributed by atoms with E-state index in [1.807, 2.05) is 57.2 Å². The Hall–Kier alpha value is -3.19. The minimum Gasteiger partial charge on any atom is -0.256 e. The molecule has 0 spiro atoms. The average molecular weight is 428 g/mol. The lowest BCUT2D eigenvalue weighted by Gasteiger charge is -2.19. The fourth-order valence-corrected chi connectivity index (χ4v) is 3.92. The summed E-state index contributed by atoms with van der Waals surface area (Å²) in [4.78, 5) is 4.40. The van der Waals surface area contributed by atoms with Crippen LogP contribution in [0.2, 0.25) is 0 Å². The maximum Gasteiger partial charge on any atom is 0.0708 e. The minimum atomic E-state index is -2.53. The normalized spacial score (nSPS) is 16.5. The summed E-state index contributed by atoms with van der Waals surface area (Å²) in [6.07, 6.45) is -0.234.